The largest absolute Gasteiger partial charge is 0.477 e. The van der Waals surface area contributed by atoms with E-state index in [0.717, 1.165) is 36.3 Å². The van der Waals surface area contributed by atoms with E-state index >= 15 is 0 Å². The lowest BCUT2D eigenvalue weighted by atomic mass is 10.0. The molecular formula is C20H30N4O. The van der Waals surface area contributed by atoms with Crippen LogP contribution in [0.1, 0.15) is 54.3 Å². The Labute approximate surface area is 151 Å². The molecule has 0 atom stereocenters. The van der Waals surface area contributed by atoms with E-state index in [9.17, 15) is 0 Å². The third kappa shape index (κ3) is 4.92. The van der Waals surface area contributed by atoms with Crippen LogP contribution in [0.4, 0.5) is 11.5 Å². The van der Waals surface area contributed by atoms with Crippen LogP contribution in [0.15, 0.2) is 12.1 Å². The SMILES string of the molecule is CCCCCOc1nc(C)nc(Nc2c(C)cc(C)cc2C)c1CN. The molecule has 5 nitrogen and oxygen atoms in total. The van der Waals surface area contributed by atoms with Gasteiger partial charge in [-0.1, -0.05) is 37.5 Å². The Morgan fingerprint density at radius 2 is 1.72 bits per heavy atom. The molecule has 0 aliphatic rings. The molecule has 5 heteroatoms. The Bertz CT molecular complexity index is 705. The molecule has 1 heterocycles. The van der Waals surface area contributed by atoms with Crippen molar-refractivity contribution in [3.05, 3.63) is 40.2 Å². The maximum absolute atomic E-state index is 5.99. The van der Waals surface area contributed by atoms with Crippen LogP contribution in [-0.4, -0.2) is 16.6 Å². The van der Waals surface area contributed by atoms with Gasteiger partial charge < -0.3 is 15.8 Å². The third-order valence-electron chi connectivity index (χ3n) is 4.19. The predicted octanol–water partition coefficient (Wildman–Crippen LogP) is 4.48. The topological polar surface area (TPSA) is 73.1 Å². The number of anilines is 2. The van der Waals surface area contributed by atoms with Crippen LogP contribution in [0.25, 0.3) is 0 Å². The minimum Gasteiger partial charge on any atom is -0.477 e. The third-order valence-corrected chi connectivity index (χ3v) is 4.19. The minimum atomic E-state index is 0.329. The van der Waals surface area contributed by atoms with Gasteiger partial charge in [-0.2, -0.15) is 4.98 Å². The van der Waals surface area contributed by atoms with Crippen molar-refractivity contribution in [2.24, 2.45) is 5.73 Å². The Balaban J connectivity index is 2.33. The molecule has 0 saturated heterocycles. The minimum absolute atomic E-state index is 0.329. The van der Waals surface area contributed by atoms with E-state index in [0.29, 0.717) is 24.9 Å². The smallest absolute Gasteiger partial charge is 0.223 e. The van der Waals surface area contributed by atoms with E-state index < -0.39 is 0 Å². The second-order valence-corrected chi connectivity index (χ2v) is 6.56. The number of hydrogen-bond acceptors (Lipinski definition) is 5. The number of ether oxygens (including phenoxy) is 1. The highest BCUT2D eigenvalue weighted by Gasteiger charge is 2.15. The average molecular weight is 342 g/mol. The highest BCUT2D eigenvalue weighted by molar-refractivity contribution is 5.68. The van der Waals surface area contributed by atoms with Gasteiger partial charge in [0.1, 0.15) is 11.6 Å². The molecule has 0 bridgehead atoms. The first-order valence-electron chi connectivity index (χ1n) is 9.01. The first-order chi connectivity index (χ1) is 12.0. The van der Waals surface area contributed by atoms with Crippen molar-refractivity contribution >= 4 is 11.5 Å². The zero-order valence-electron chi connectivity index (χ0n) is 16.1. The van der Waals surface area contributed by atoms with Gasteiger partial charge in [0, 0.05) is 12.2 Å². The number of nitrogens with two attached hydrogens (primary N) is 1. The zero-order valence-corrected chi connectivity index (χ0v) is 16.1. The summed E-state index contributed by atoms with van der Waals surface area (Å²) in [7, 11) is 0. The molecule has 0 aliphatic carbocycles. The van der Waals surface area contributed by atoms with Crippen LogP contribution in [0, 0.1) is 27.7 Å². The lowest BCUT2D eigenvalue weighted by Crippen LogP contribution is -2.12. The fraction of sp³-hybridized carbons (Fsp3) is 0.500. The van der Waals surface area contributed by atoms with Gasteiger partial charge in [-0.3, -0.25) is 0 Å². The second kappa shape index (κ2) is 8.81. The first kappa shape index (κ1) is 19.2. The van der Waals surface area contributed by atoms with Gasteiger partial charge in [0.25, 0.3) is 0 Å². The summed E-state index contributed by atoms with van der Waals surface area (Å²) in [6, 6.07) is 4.32. The van der Waals surface area contributed by atoms with E-state index in [4.69, 9.17) is 10.5 Å². The molecule has 0 saturated carbocycles. The standard InChI is InChI=1S/C20H30N4O/c1-6-7-8-9-25-20-17(12-21)19(22-16(5)23-20)24-18-14(3)10-13(2)11-15(18)4/h10-11H,6-9,12,21H2,1-5H3,(H,22,23,24). The number of hydrogen-bond donors (Lipinski definition) is 2. The van der Waals surface area contributed by atoms with Gasteiger partial charge in [0.2, 0.25) is 5.88 Å². The molecular weight excluding hydrogens is 312 g/mol. The molecule has 3 N–H and O–H groups in total. The van der Waals surface area contributed by atoms with Gasteiger partial charge >= 0.3 is 0 Å². The zero-order chi connectivity index (χ0) is 18.4. The maximum atomic E-state index is 5.99. The first-order valence-corrected chi connectivity index (χ1v) is 9.01. The highest BCUT2D eigenvalue weighted by atomic mass is 16.5. The van der Waals surface area contributed by atoms with Gasteiger partial charge in [0.05, 0.1) is 12.2 Å². The quantitative estimate of drug-likeness (QED) is 0.692. The van der Waals surface area contributed by atoms with Crippen molar-refractivity contribution < 1.29 is 4.74 Å². The Morgan fingerprint density at radius 3 is 2.32 bits per heavy atom. The molecule has 0 unspecified atom stereocenters. The normalized spacial score (nSPS) is 10.8. The van der Waals surface area contributed by atoms with Crippen molar-refractivity contribution in [1.82, 2.24) is 9.97 Å². The van der Waals surface area contributed by atoms with Crippen LogP contribution in [0.3, 0.4) is 0 Å². The van der Waals surface area contributed by atoms with Gasteiger partial charge in [0.15, 0.2) is 0 Å². The van der Waals surface area contributed by atoms with Crippen molar-refractivity contribution in [1.29, 1.82) is 0 Å². The Hall–Kier alpha value is -2.14. The van der Waals surface area contributed by atoms with E-state index in [1.807, 2.05) is 6.92 Å². The lowest BCUT2D eigenvalue weighted by Gasteiger charge is -2.18. The second-order valence-electron chi connectivity index (χ2n) is 6.56. The molecule has 25 heavy (non-hydrogen) atoms. The molecule has 2 rings (SSSR count). The molecule has 1 aromatic carbocycles. The van der Waals surface area contributed by atoms with E-state index in [1.54, 1.807) is 0 Å². The van der Waals surface area contributed by atoms with Gasteiger partial charge in [-0.05, 0) is 45.2 Å². The summed E-state index contributed by atoms with van der Waals surface area (Å²) >= 11 is 0. The number of benzene rings is 1. The van der Waals surface area contributed by atoms with Crippen LogP contribution in [-0.2, 0) is 6.54 Å². The van der Waals surface area contributed by atoms with Crippen LogP contribution in [0.5, 0.6) is 5.88 Å². The summed E-state index contributed by atoms with van der Waals surface area (Å²) in [5.41, 5.74) is 11.5. The monoisotopic (exact) mass is 342 g/mol. The summed E-state index contributed by atoms with van der Waals surface area (Å²) in [4.78, 5) is 9.02. The number of unbranched alkanes of at least 4 members (excludes halogenated alkanes) is 2. The van der Waals surface area contributed by atoms with E-state index in [2.05, 4.69) is 55.1 Å². The van der Waals surface area contributed by atoms with E-state index in [1.165, 1.54) is 16.7 Å². The number of aromatic nitrogens is 2. The maximum Gasteiger partial charge on any atom is 0.223 e. The summed E-state index contributed by atoms with van der Waals surface area (Å²) < 4.78 is 5.90. The fourth-order valence-electron chi connectivity index (χ4n) is 2.99. The molecule has 0 radical (unpaired) electrons. The lowest BCUT2D eigenvalue weighted by molar-refractivity contribution is 0.290. The Kier molecular flexibility index (Phi) is 6.76. The van der Waals surface area contributed by atoms with Gasteiger partial charge in [-0.25, -0.2) is 4.98 Å². The molecule has 2 aromatic rings. The molecule has 0 spiro atoms. The van der Waals surface area contributed by atoms with Crippen molar-refractivity contribution in [2.45, 2.75) is 60.4 Å². The average Bonchev–Trinajstić information content (AvgIpc) is 2.54. The highest BCUT2D eigenvalue weighted by Crippen LogP contribution is 2.30. The summed E-state index contributed by atoms with van der Waals surface area (Å²) in [6.45, 7) is 11.3. The Morgan fingerprint density at radius 1 is 1.04 bits per heavy atom. The molecule has 136 valence electrons. The van der Waals surface area contributed by atoms with Crippen LogP contribution >= 0.6 is 0 Å². The predicted molar refractivity (Wildman–Crippen MR) is 104 cm³/mol. The summed E-state index contributed by atoms with van der Waals surface area (Å²) in [5.74, 6) is 2.00. The summed E-state index contributed by atoms with van der Waals surface area (Å²) in [6.07, 6.45) is 3.33. The number of nitrogens with one attached hydrogen (secondary N) is 1. The van der Waals surface area contributed by atoms with Gasteiger partial charge in [-0.15, -0.1) is 0 Å². The molecule has 0 aliphatic heterocycles. The summed E-state index contributed by atoms with van der Waals surface area (Å²) in [5, 5.41) is 3.46. The van der Waals surface area contributed by atoms with Crippen molar-refractivity contribution in [2.75, 3.05) is 11.9 Å². The fourth-order valence-corrected chi connectivity index (χ4v) is 2.99. The van der Waals surface area contributed by atoms with Crippen molar-refractivity contribution in [3.8, 4) is 5.88 Å². The molecule has 1 aromatic heterocycles. The number of aryl methyl sites for hydroxylation is 4. The van der Waals surface area contributed by atoms with Crippen LogP contribution in [0.2, 0.25) is 0 Å². The van der Waals surface area contributed by atoms with E-state index in [-0.39, 0.29) is 0 Å². The molecule has 0 fully saturated rings. The molecule has 0 amide bonds. The number of nitrogens with zero attached hydrogens (tertiary/aromatic N) is 2. The van der Waals surface area contributed by atoms with Crippen molar-refractivity contribution in [3.63, 3.8) is 0 Å². The number of rotatable bonds is 8. The van der Waals surface area contributed by atoms with Crippen LogP contribution < -0.4 is 15.8 Å².